The smallest absolute Gasteiger partial charge is 0.264 e. The lowest BCUT2D eigenvalue weighted by Crippen LogP contribution is -2.30. The van der Waals surface area contributed by atoms with Crippen molar-refractivity contribution in [2.24, 2.45) is 0 Å². The van der Waals surface area contributed by atoms with Crippen LogP contribution in [0, 0.1) is 0 Å². The highest BCUT2D eigenvalue weighted by molar-refractivity contribution is 7.92. The van der Waals surface area contributed by atoms with Crippen LogP contribution in [-0.4, -0.2) is 34.0 Å². The summed E-state index contributed by atoms with van der Waals surface area (Å²) in [6, 6.07) is 12.0. The zero-order valence-electron chi connectivity index (χ0n) is 15.8. The molecular weight excluding hydrogens is 364 g/mol. The molecule has 1 aliphatic rings. The fourth-order valence-electron chi connectivity index (χ4n) is 3.36. The molecule has 0 saturated carbocycles. The summed E-state index contributed by atoms with van der Waals surface area (Å²) in [6.45, 7) is 6.68. The quantitative estimate of drug-likeness (QED) is 0.762. The van der Waals surface area contributed by atoms with Gasteiger partial charge in [-0.15, -0.1) is 0 Å². The van der Waals surface area contributed by atoms with E-state index in [1.165, 1.54) is 11.2 Å². The highest BCUT2D eigenvalue weighted by atomic mass is 32.2. The van der Waals surface area contributed by atoms with Crippen molar-refractivity contribution in [2.75, 3.05) is 28.9 Å². The van der Waals surface area contributed by atoms with Gasteiger partial charge in [0, 0.05) is 25.7 Å². The van der Waals surface area contributed by atoms with Crippen LogP contribution in [0.4, 0.5) is 11.4 Å². The average molecular weight is 388 g/mol. The van der Waals surface area contributed by atoms with Gasteiger partial charge in [-0.1, -0.05) is 0 Å². The molecule has 0 aliphatic carbocycles. The Balaban J connectivity index is 1.93. The number of hydrogen-bond acceptors (Lipinski definition) is 4. The number of amides is 1. The maximum Gasteiger partial charge on any atom is 0.264 e. The summed E-state index contributed by atoms with van der Waals surface area (Å²) in [5.74, 6) is 0.672. The molecule has 0 atom stereocenters. The van der Waals surface area contributed by atoms with E-state index in [0.29, 0.717) is 37.6 Å². The molecule has 0 unspecified atom stereocenters. The first-order valence-electron chi connectivity index (χ1n) is 9.05. The summed E-state index contributed by atoms with van der Waals surface area (Å²) < 4.78 is 33.2. The van der Waals surface area contributed by atoms with Crippen molar-refractivity contribution < 1.29 is 17.9 Å². The van der Waals surface area contributed by atoms with Gasteiger partial charge in [0.1, 0.15) is 5.75 Å². The van der Waals surface area contributed by atoms with Gasteiger partial charge in [0.05, 0.1) is 17.2 Å². The van der Waals surface area contributed by atoms with E-state index in [1.807, 2.05) is 6.92 Å². The van der Waals surface area contributed by atoms with Crippen molar-refractivity contribution in [2.45, 2.75) is 32.1 Å². The number of anilines is 2. The third-order valence-electron chi connectivity index (χ3n) is 4.64. The molecule has 0 radical (unpaired) electrons. The molecule has 2 aromatic rings. The Morgan fingerprint density at radius 3 is 2.44 bits per heavy atom. The van der Waals surface area contributed by atoms with Gasteiger partial charge >= 0.3 is 0 Å². The van der Waals surface area contributed by atoms with Gasteiger partial charge in [-0.2, -0.15) is 0 Å². The molecule has 1 heterocycles. The van der Waals surface area contributed by atoms with Crippen LogP contribution in [0.15, 0.2) is 47.4 Å². The molecule has 0 aromatic heterocycles. The summed E-state index contributed by atoms with van der Waals surface area (Å²) in [7, 11) is -3.70. The number of benzene rings is 2. The Kier molecular flexibility index (Phi) is 5.41. The molecule has 0 N–H and O–H groups in total. The third-order valence-corrected chi connectivity index (χ3v) is 6.54. The molecule has 0 fully saturated rings. The van der Waals surface area contributed by atoms with Crippen LogP contribution < -0.4 is 13.9 Å². The standard InChI is InChI=1S/C20H24N2O4S/c1-4-22(17-6-8-18(9-7-17)26-5-2)27(24,25)19-10-11-20-16(14-19)12-13-21(20)15(3)23/h6-11,14H,4-5,12-13H2,1-3H3. The molecule has 1 aliphatic heterocycles. The first-order valence-corrected chi connectivity index (χ1v) is 10.5. The highest BCUT2D eigenvalue weighted by Gasteiger charge is 2.28. The number of nitrogens with zero attached hydrogens (tertiary/aromatic N) is 2. The number of fused-ring (bicyclic) bond motifs is 1. The Morgan fingerprint density at radius 1 is 1.15 bits per heavy atom. The molecule has 144 valence electrons. The van der Waals surface area contributed by atoms with Gasteiger partial charge in [-0.05, 0) is 68.3 Å². The van der Waals surface area contributed by atoms with Crippen molar-refractivity contribution >= 4 is 27.3 Å². The second-order valence-corrected chi connectivity index (χ2v) is 8.17. The first kappa shape index (κ1) is 19.2. The van der Waals surface area contributed by atoms with Crippen LogP contribution in [0.3, 0.4) is 0 Å². The van der Waals surface area contributed by atoms with Crippen LogP contribution in [0.25, 0.3) is 0 Å². The summed E-state index contributed by atoms with van der Waals surface area (Å²) in [5, 5.41) is 0. The van der Waals surface area contributed by atoms with Crippen molar-refractivity contribution in [3.05, 3.63) is 48.0 Å². The Labute approximate surface area is 160 Å². The van der Waals surface area contributed by atoms with Crippen LogP contribution in [0.1, 0.15) is 26.3 Å². The SMILES string of the molecule is CCOc1ccc(N(CC)S(=O)(=O)c2ccc3c(c2)CCN3C(C)=O)cc1. The number of hydrogen-bond donors (Lipinski definition) is 0. The van der Waals surface area contributed by atoms with Crippen LogP contribution in [0.2, 0.25) is 0 Å². The molecule has 7 heteroatoms. The van der Waals surface area contributed by atoms with Gasteiger partial charge in [-0.25, -0.2) is 8.42 Å². The van der Waals surface area contributed by atoms with E-state index in [1.54, 1.807) is 54.3 Å². The molecular formula is C20H24N2O4S. The van der Waals surface area contributed by atoms with E-state index in [-0.39, 0.29) is 10.8 Å². The molecule has 0 bridgehead atoms. The van der Waals surface area contributed by atoms with Crippen molar-refractivity contribution in [1.82, 2.24) is 0 Å². The second kappa shape index (κ2) is 7.60. The molecule has 2 aromatic carbocycles. The monoisotopic (exact) mass is 388 g/mol. The lowest BCUT2D eigenvalue weighted by atomic mass is 10.2. The van der Waals surface area contributed by atoms with Crippen molar-refractivity contribution in [3.8, 4) is 5.75 Å². The van der Waals surface area contributed by atoms with E-state index < -0.39 is 10.0 Å². The number of sulfonamides is 1. The fraction of sp³-hybridized carbons (Fsp3) is 0.350. The molecule has 0 spiro atoms. The van der Waals surface area contributed by atoms with Crippen LogP contribution >= 0.6 is 0 Å². The lowest BCUT2D eigenvalue weighted by molar-refractivity contribution is -0.116. The molecule has 0 saturated heterocycles. The average Bonchev–Trinajstić information content (AvgIpc) is 3.07. The number of carbonyl (C=O) groups is 1. The minimum atomic E-state index is -3.70. The highest BCUT2D eigenvalue weighted by Crippen LogP contribution is 2.32. The molecule has 1 amide bonds. The zero-order chi connectivity index (χ0) is 19.6. The lowest BCUT2D eigenvalue weighted by Gasteiger charge is -2.23. The number of rotatable bonds is 6. The van der Waals surface area contributed by atoms with Gasteiger partial charge in [0.15, 0.2) is 0 Å². The Morgan fingerprint density at radius 2 is 1.85 bits per heavy atom. The van der Waals surface area contributed by atoms with E-state index in [0.717, 1.165) is 11.3 Å². The van der Waals surface area contributed by atoms with Gasteiger partial charge in [0.25, 0.3) is 10.0 Å². The van der Waals surface area contributed by atoms with Gasteiger partial charge in [-0.3, -0.25) is 9.10 Å². The van der Waals surface area contributed by atoms with E-state index in [4.69, 9.17) is 4.74 Å². The van der Waals surface area contributed by atoms with E-state index >= 15 is 0 Å². The van der Waals surface area contributed by atoms with Crippen LogP contribution in [-0.2, 0) is 21.2 Å². The summed E-state index contributed by atoms with van der Waals surface area (Å²) in [4.78, 5) is 13.6. The number of ether oxygens (including phenoxy) is 1. The van der Waals surface area contributed by atoms with E-state index in [9.17, 15) is 13.2 Å². The Bertz CT molecular complexity index is 939. The predicted octanol–water partition coefficient (Wildman–Crippen LogP) is 3.21. The third kappa shape index (κ3) is 3.64. The largest absolute Gasteiger partial charge is 0.494 e. The van der Waals surface area contributed by atoms with Gasteiger partial charge < -0.3 is 9.64 Å². The maximum absolute atomic E-state index is 13.2. The molecule has 6 nitrogen and oxygen atoms in total. The summed E-state index contributed by atoms with van der Waals surface area (Å²) in [6.07, 6.45) is 0.660. The minimum absolute atomic E-state index is 0.0334. The minimum Gasteiger partial charge on any atom is -0.494 e. The predicted molar refractivity (Wildman–Crippen MR) is 106 cm³/mol. The fourth-order valence-corrected chi connectivity index (χ4v) is 4.88. The van der Waals surface area contributed by atoms with Gasteiger partial charge in [0.2, 0.25) is 5.91 Å². The maximum atomic E-state index is 13.2. The van der Waals surface area contributed by atoms with Crippen molar-refractivity contribution in [3.63, 3.8) is 0 Å². The number of carbonyl (C=O) groups excluding carboxylic acids is 1. The van der Waals surface area contributed by atoms with Crippen molar-refractivity contribution in [1.29, 1.82) is 0 Å². The first-order chi connectivity index (χ1) is 12.9. The topological polar surface area (TPSA) is 66.9 Å². The zero-order valence-corrected chi connectivity index (χ0v) is 16.6. The molecule has 3 rings (SSSR count). The Hall–Kier alpha value is -2.54. The second-order valence-electron chi connectivity index (χ2n) is 6.31. The van der Waals surface area contributed by atoms with E-state index in [2.05, 4.69) is 0 Å². The normalized spacial score (nSPS) is 13.4. The molecule has 27 heavy (non-hydrogen) atoms. The summed E-state index contributed by atoms with van der Waals surface area (Å²) in [5.41, 5.74) is 2.27. The summed E-state index contributed by atoms with van der Waals surface area (Å²) >= 11 is 0. The van der Waals surface area contributed by atoms with Crippen LogP contribution in [0.5, 0.6) is 5.75 Å².